The lowest BCUT2D eigenvalue weighted by Crippen LogP contribution is -2.39. The summed E-state index contributed by atoms with van der Waals surface area (Å²) in [6, 6.07) is 16.5. The van der Waals surface area contributed by atoms with Crippen LogP contribution in [0.2, 0.25) is 0 Å². The molecule has 23 heavy (non-hydrogen) atoms. The Hall–Kier alpha value is -2.16. The lowest BCUT2D eigenvalue weighted by atomic mass is 9.90. The third kappa shape index (κ3) is 4.65. The highest BCUT2D eigenvalue weighted by molar-refractivity contribution is 5.76. The van der Waals surface area contributed by atoms with E-state index in [1.165, 1.54) is 5.56 Å². The maximum absolute atomic E-state index is 12.3. The minimum absolute atomic E-state index is 0.272. The normalized spacial score (nSPS) is 15.6. The van der Waals surface area contributed by atoms with E-state index >= 15 is 0 Å². The van der Waals surface area contributed by atoms with Crippen LogP contribution in [0.1, 0.15) is 30.5 Å². The van der Waals surface area contributed by atoms with Gasteiger partial charge in [-0.2, -0.15) is 0 Å². The van der Waals surface area contributed by atoms with Crippen molar-refractivity contribution < 1.29 is 4.79 Å². The van der Waals surface area contributed by atoms with Crippen LogP contribution in [0.15, 0.2) is 54.7 Å². The summed E-state index contributed by atoms with van der Waals surface area (Å²) in [5.74, 6) is 0.978. The Kier molecular flexibility index (Phi) is 5.41. The second kappa shape index (κ2) is 7.91. The maximum Gasteiger partial charge on any atom is 0.222 e. The van der Waals surface area contributed by atoms with Gasteiger partial charge in [0.25, 0.3) is 0 Å². The summed E-state index contributed by atoms with van der Waals surface area (Å²) < 4.78 is 0. The molecule has 0 bridgehead atoms. The van der Waals surface area contributed by atoms with Crippen molar-refractivity contribution in [3.63, 3.8) is 0 Å². The Morgan fingerprint density at radius 3 is 2.48 bits per heavy atom. The smallest absolute Gasteiger partial charge is 0.222 e. The van der Waals surface area contributed by atoms with E-state index in [2.05, 4.69) is 35.3 Å². The number of hydrogen-bond donors (Lipinski definition) is 0. The van der Waals surface area contributed by atoms with E-state index in [1.54, 1.807) is 6.20 Å². The number of likely N-dealkylation sites (tertiary alicyclic amines) is 1. The number of hydrogen-bond acceptors (Lipinski definition) is 2. The molecule has 1 aromatic heterocycles. The molecule has 2 heterocycles. The number of benzene rings is 1. The van der Waals surface area contributed by atoms with Gasteiger partial charge in [0.15, 0.2) is 0 Å². The van der Waals surface area contributed by atoms with Crippen LogP contribution in [-0.2, 0) is 17.6 Å². The summed E-state index contributed by atoms with van der Waals surface area (Å²) in [4.78, 5) is 18.7. The molecule has 1 fully saturated rings. The number of aromatic nitrogens is 1. The third-order valence-electron chi connectivity index (χ3n) is 4.66. The van der Waals surface area contributed by atoms with Crippen molar-refractivity contribution in [3.8, 4) is 0 Å². The summed E-state index contributed by atoms with van der Waals surface area (Å²) in [5, 5.41) is 0. The van der Waals surface area contributed by atoms with Crippen molar-refractivity contribution in [1.82, 2.24) is 9.88 Å². The number of rotatable bonds is 5. The summed E-state index contributed by atoms with van der Waals surface area (Å²) in [6.45, 7) is 1.80. The fourth-order valence-electron chi connectivity index (χ4n) is 3.27. The highest BCUT2D eigenvalue weighted by atomic mass is 16.2. The fourth-order valence-corrected chi connectivity index (χ4v) is 3.27. The van der Waals surface area contributed by atoms with Crippen molar-refractivity contribution in [3.05, 3.63) is 66.0 Å². The molecule has 3 heteroatoms. The minimum Gasteiger partial charge on any atom is -0.343 e. The summed E-state index contributed by atoms with van der Waals surface area (Å²) in [5.41, 5.74) is 2.41. The predicted molar refractivity (Wildman–Crippen MR) is 92.0 cm³/mol. The van der Waals surface area contributed by atoms with Gasteiger partial charge >= 0.3 is 0 Å². The molecule has 1 saturated heterocycles. The molecule has 1 aliphatic rings. The Bertz CT molecular complexity index is 604. The van der Waals surface area contributed by atoms with Gasteiger partial charge in [-0.15, -0.1) is 0 Å². The molecule has 0 aliphatic carbocycles. The van der Waals surface area contributed by atoms with Crippen molar-refractivity contribution in [2.24, 2.45) is 5.92 Å². The van der Waals surface area contributed by atoms with Gasteiger partial charge in [0.05, 0.1) is 0 Å². The molecule has 0 saturated carbocycles. The molecule has 0 N–H and O–H groups in total. The molecule has 0 spiro atoms. The van der Waals surface area contributed by atoms with Gasteiger partial charge in [0, 0.05) is 31.4 Å². The number of carbonyl (C=O) groups excluding carboxylic acids is 1. The molecule has 0 atom stereocenters. The Balaban J connectivity index is 1.42. The average molecular weight is 308 g/mol. The van der Waals surface area contributed by atoms with Crippen LogP contribution in [0.3, 0.4) is 0 Å². The Morgan fingerprint density at radius 2 is 1.78 bits per heavy atom. The van der Waals surface area contributed by atoms with Gasteiger partial charge in [-0.3, -0.25) is 9.78 Å². The van der Waals surface area contributed by atoms with Crippen LogP contribution in [-0.4, -0.2) is 28.9 Å². The van der Waals surface area contributed by atoms with Crippen LogP contribution in [0.4, 0.5) is 0 Å². The molecule has 120 valence electrons. The van der Waals surface area contributed by atoms with Crippen molar-refractivity contribution in [2.45, 2.75) is 32.1 Å². The second-order valence-electron chi connectivity index (χ2n) is 6.33. The number of aryl methyl sites for hydroxylation is 1. The van der Waals surface area contributed by atoms with E-state index in [-0.39, 0.29) is 5.91 Å². The topological polar surface area (TPSA) is 33.2 Å². The number of piperidine rings is 1. The van der Waals surface area contributed by atoms with Crippen molar-refractivity contribution in [2.75, 3.05) is 13.1 Å². The van der Waals surface area contributed by atoms with Crippen LogP contribution < -0.4 is 0 Å². The van der Waals surface area contributed by atoms with Gasteiger partial charge in [-0.1, -0.05) is 36.4 Å². The highest BCUT2D eigenvalue weighted by Crippen LogP contribution is 2.22. The van der Waals surface area contributed by atoms with E-state index in [9.17, 15) is 4.79 Å². The quantitative estimate of drug-likeness (QED) is 0.847. The molecular formula is C20H24N2O. The van der Waals surface area contributed by atoms with Gasteiger partial charge in [-0.05, 0) is 49.3 Å². The standard InChI is InChI=1S/C20H24N2O/c23-20(10-9-19-8-4-5-13-21-19)22-14-11-18(12-15-22)16-17-6-2-1-3-7-17/h1-8,13,18H,9-12,14-16H2. The fraction of sp³-hybridized carbons (Fsp3) is 0.400. The Morgan fingerprint density at radius 1 is 1.04 bits per heavy atom. The van der Waals surface area contributed by atoms with Crippen molar-refractivity contribution >= 4 is 5.91 Å². The zero-order chi connectivity index (χ0) is 15.9. The average Bonchev–Trinajstić information content (AvgIpc) is 2.62. The monoisotopic (exact) mass is 308 g/mol. The first-order valence-corrected chi connectivity index (χ1v) is 8.53. The molecule has 2 aromatic rings. The van der Waals surface area contributed by atoms with Gasteiger partial charge in [0.2, 0.25) is 5.91 Å². The van der Waals surface area contributed by atoms with Crippen LogP contribution in [0.5, 0.6) is 0 Å². The maximum atomic E-state index is 12.3. The molecule has 3 nitrogen and oxygen atoms in total. The van der Waals surface area contributed by atoms with Crippen molar-refractivity contribution in [1.29, 1.82) is 0 Å². The van der Waals surface area contributed by atoms with E-state index in [0.29, 0.717) is 12.3 Å². The first-order valence-electron chi connectivity index (χ1n) is 8.53. The van der Waals surface area contributed by atoms with Crippen LogP contribution >= 0.6 is 0 Å². The first-order chi connectivity index (χ1) is 11.3. The van der Waals surface area contributed by atoms with Gasteiger partial charge in [0.1, 0.15) is 0 Å². The van der Waals surface area contributed by atoms with Crippen LogP contribution in [0, 0.1) is 5.92 Å². The number of nitrogens with zero attached hydrogens (tertiary/aromatic N) is 2. The molecular weight excluding hydrogens is 284 g/mol. The molecule has 1 amide bonds. The lowest BCUT2D eigenvalue weighted by Gasteiger charge is -2.32. The predicted octanol–water partition coefficient (Wildman–Crippen LogP) is 3.50. The van der Waals surface area contributed by atoms with Gasteiger partial charge < -0.3 is 4.90 Å². The third-order valence-corrected chi connectivity index (χ3v) is 4.66. The van der Waals surface area contributed by atoms with Crippen LogP contribution in [0.25, 0.3) is 0 Å². The number of carbonyl (C=O) groups is 1. The van der Waals surface area contributed by atoms with E-state index in [1.807, 2.05) is 23.1 Å². The summed E-state index contributed by atoms with van der Waals surface area (Å²) >= 11 is 0. The number of pyridine rings is 1. The largest absolute Gasteiger partial charge is 0.343 e. The molecule has 3 rings (SSSR count). The first kappa shape index (κ1) is 15.7. The Labute approximate surface area is 138 Å². The summed E-state index contributed by atoms with van der Waals surface area (Å²) in [7, 11) is 0. The lowest BCUT2D eigenvalue weighted by molar-refractivity contribution is -0.132. The van der Waals surface area contributed by atoms with E-state index in [0.717, 1.165) is 44.5 Å². The number of amides is 1. The molecule has 1 aromatic carbocycles. The van der Waals surface area contributed by atoms with E-state index < -0.39 is 0 Å². The zero-order valence-electron chi connectivity index (χ0n) is 13.5. The highest BCUT2D eigenvalue weighted by Gasteiger charge is 2.22. The van der Waals surface area contributed by atoms with Gasteiger partial charge in [-0.25, -0.2) is 0 Å². The zero-order valence-corrected chi connectivity index (χ0v) is 13.5. The molecule has 0 unspecified atom stereocenters. The molecule has 0 radical (unpaired) electrons. The van der Waals surface area contributed by atoms with E-state index in [4.69, 9.17) is 0 Å². The second-order valence-corrected chi connectivity index (χ2v) is 6.33. The SMILES string of the molecule is O=C(CCc1ccccn1)N1CCC(Cc2ccccc2)CC1. The minimum atomic E-state index is 0.272. The molecule has 1 aliphatic heterocycles. The summed E-state index contributed by atoms with van der Waals surface area (Å²) in [6.07, 6.45) is 6.46.